The van der Waals surface area contributed by atoms with E-state index in [1.165, 1.54) is 11.6 Å². The zero-order valence-corrected chi connectivity index (χ0v) is 18.4. The Bertz CT molecular complexity index is 999. The Hall–Kier alpha value is -2.76. The Labute approximate surface area is 177 Å². The van der Waals surface area contributed by atoms with Crippen molar-refractivity contribution >= 4 is 28.4 Å². The van der Waals surface area contributed by atoms with E-state index in [4.69, 9.17) is 9.15 Å². The van der Waals surface area contributed by atoms with Crippen LogP contribution in [0.25, 0.3) is 16.5 Å². The maximum atomic E-state index is 12.5. The van der Waals surface area contributed by atoms with E-state index in [1.807, 2.05) is 33.8 Å². The Morgan fingerprint density at radius 1 is 1.30 bits per heavy atom. The smallest absolute Gasteiger partial charge is 0.326 e. The van der Waals surface area contributed by atoms with E-state index in [1.54, 1.807) is 7.11 Å². The van der Waals surface area contributed by atoms with E-state index >= 15 is 0 Å². The predicted molar refractivity (Wildman–Crippen MR) is 117 cm³/mol. The molecule has 0 aliphatic heterocycles. The molecular formula is C24H31NO5. The number of hydrogen-bond donors (Lipinski definition) is 2. The Balaban J connectivity index is 1.98. The first kappa shape index (κ1) is 21.9. The van der Waals surface area contributed by atoms with Gasteiger partial charge in [-0.1, -0.05) is 13.8 Å². The van der Waals surface area contributed by atoms with E-state index in [9.17, 15) is 14.7 Å². The number of nitrogens with one attached hydrogen (secondary N) is 1. The summed E-state index contributed by atoms with van der Waals surface area (Å²) in [5.74, 6) is 0.439. The molecule has 1 aromatic carbocycles. The van der Waals surface area contributed by atoms with Crippen molar-refractivity contribution in [3.8, 4) is 5.75 Å². The van der Waals surface area contributed by atoms with Gasteiger partial charge in [0.2, 0.25) is 5.91 Å². The molecule has 0 saturated heterocycles. The molecule has 1 aromatic heterocycles. The summed E-state index contributed by atoms with van der Waals surface area (Å²) in [5, 5.41) is 13.1. The summed E-state index contributed by atoms with van der Waals surface area (Å²) < 4.78 is 11.8. The van der Waals surface area contributed by atoms with Crippen molar-refractivity contribution in [2.75, 3.05) is 7.11 Å². The summed E-state index contributed by atoms with van der Waals surface area (Å²) in [4.78, 5) is 24.0. The number of hydrogen-bond acceptors (Lipinski definition) is 4. The van der Waals surface area contributed by atoms with E-state index in [2.05, 4.69) is 5.32 Å². The Kier molecular flexibility index (Phi) is 6.54. The number of rotatable bonds is 7. The van der Waals surface area contributed by atoms with Gasteiger partial charge < -0.3 is 19.6 Å². The predicted octanol–water partition coefficient (Wildman–Crippen LogP) is 4.65. The van der Waals surface area contributed by atoms with Crippen LogP contribution < -0.4 is 10.1 Å². The number of amides is 1. The number of allylic oxidation sites excluding steroid dienone is 1. The molecule has 2 aromatic rings. The fourth-order valence-electron chi connectivity index (χ4n) is 4.27. The molecule has 1 amide bonds. The average molecular weight is 414 g/mol. The third-order valence-electron chi connectivity index (χ3n) is 5.72. The number of benzene rings is 1. The lowest BCUT2D eigenvalue weighted by atomic mass is 9.93. The van der Waals surface area contributed by atoms with Gasteiger partial charge in [0.25, 0.3) is 0 Å². The SMILES string of the molecule is COc1c(/C(C)=C/C(=O)NC(CC(C)C)C(=O)O)cc2c3c(oc2c1C)CCCC3. The van der Waals surface area contributed by atoms with Crippen LogP contribution in [0.4, 0.5) is 0 Å². The number of aliphatic carboxylic acids is 1. The molecule has 30 heavy (non-hydrogen) atoms. The summed E-state index contributed by atoms with van der Waals surface area (Å²) in [5.41, 5.74) is 4.55. The molecule has 0 fully saturated rings. The third kappa shape index (κ3) is 4.37. The second-order valence-corrected chi connectivity index (χ2v) is 8.53. The van der Waals surface area contributed by atoms with Crippen LogP contribution in [0.15, 0.2) is 16.6 Å². The molecule has 2 N–H and O–H groups in total. The molecule has 0 spiro atoms. The van der Waals surface area contributed by atoms with E-state index in [-0.39, 0.29) is 5.92 Å². The maximum absolute atomic E-state index is 12.5. The molecular weight excluding hydrogens is 382 g/mol. The molecule has 1 atom stereocenters. The van der Waals surface area contributed by atoms with Crippen LogP contribution in [0, 0.1) is 12.8 Å². The normalized spacial score (nSPS) is 15.2. The molecule has 0 saturated carbocycles. The highest BCUT2D eigenvalue weighted by molar-refractivity contribution is 5.99. The number of carboxylic acids is 1. The van der Waals surface area contributed by atoms with Crippen LogP contribution in [0.2, 0.25) is 0 Å². The van der Waals surface area contributed by atoms with Gasteiger partial charge in [-0.2, -0.15) is 0 Å². The van der Waals surface area contributed by atoms with Crippen LogP contribution >= 0.6 is 0 Å². The maximum Gasteiger partial charge on any atom is 0.326 e. The lowest BCUT2D eigenvalue weighted by Gasteiger charge is -2.16. The molecule has 1 aliphatic carbocycles. The van der Waals surface area contributed by atoms with Crippen LogP contribution in [-0.4, -0.2) is 30.1 Å². The molecule has 162 valence electrons. The van der Waals surface area contributed by atoms with Crippen molar-refractivity contribution in [1.29, 1.82) is 0 Å². The van der Waals surface area contributed by atoms with Gasteiger partial charge in [-0.3, -0.25) is 4.79 Å². The van der Waals surface area contributed by atoms with E-state index in [0.29, 0.717) is 17.7 Å². The van der Waals surface area contributed by atoms with Crippen molar-refractivity contribution in [3.05, 3.63) is 34.6 Å². The van der Waals surface area contributed by atoms with Crippen LogP contribution in [0.5, 0.6) is 5.75 Å². The summed E-state index contributed by atoms with van der Waals surface area (Å²) in [6.07, 6.45) is 6.05. The lowest BCUT2D eigenvalue weighted by molar-refractivity contribution is -0.141. The van der Waals surface area contributed by atoms with Crippen molar-refractivity contribution < 1.29 is 23.8 Å². The molecule has 0 radical (unpaired) electrons. The average Bonchev–Trinajstić information content (AvgIpc) is 3.06. The van der Waals surface area contributed by atoms with Crippen LogP contribution in [0.3, 0.4) is 0 Å². The molecule has 1 unspecified atom stereocenters. The molecule has 3 rings (SSSR count). The first-order valence-corrected chi connectivity index (χ1v) is 10.6. The molecule has 1 heterocycles. The van der Waals surface area contributed by atoms with Gasteiger partial charge >= 0.3 is 5.97 Å². The van der Waals surface area contributed by atoms with Crippen LogP contribution in [-0.2, 0) is 22.4 Å². The first-order valence-electron chi connectivity index (χ1n) is 10.6. The van der Waals surface area contributed by atoms with Crippen molar-refractivity contribution in [2.24, 2.45) is 5.92 Å². The van der Waals surface area contributed by atoms with Gasteiger partial charge in [-0.05, 0) is 57.1 Å². The van der Waals surface area contributed by atoms with E-state index in [0.717, 1.165) is 53.5 Å². The quantitative estimate of drug-likeness (QED) is 0.645. The van der Waals surface area contributed by atoms with E-state index < -0.39 is 17.9 Å². The van der Waals surface area contributed by atoms with Gasteiger partial charge in [0.1, 0.15) is 23.1 Å². The summed E-state index contributed by atoms with van der Waals surface area (Å²) in [6, 6.07) is 1.13. The Morgan fingerprint density at radius 2 is 2.00 bits per heavy atom. The van der Waals surface area contributed by atoms with Gasteiger partial charge in [-0.25, -0.2) is 4.79 Å². The van der Waals surface area contributed by atoms with Crippen molar-refractivity contribution in [1.82, 2.24) is 5.32 Å². The third-order valence-corrected chi connectivity index (χ3v) is 5.72. The van der Waals surface area contributed by atoms with Crippen molar-refractivity contribution in [3.63, 3.8) is 0 Å². The monoisotopic (exact) mass is 413 g/mol. The number of furan rings is 1. The lowest BCUT2D eigenvalue weighted by Crippen LogP contribution is -2.40. The first-order chi connectivity index (χ1) is 14.2. The zero-order chi connectivity index (χ0) is 22.0. The molecule has 6 nitrogen and oxygen atoms in total. The summed E-state index contributed by atoms with van der Waals surface area (Å²) in [7, 11) is 1.61. The highest BCUT2D eigenvalue weighted by atomic mass is 16.5. The largest absolute Gasteiger partial charge is 0.496 e. The second kappa shape index (κ2) is 8.94. The summed E-state index contributed by atoms with van der Waals surface area (Å²) >= 11 is 0. The van der Waals surface area contributed by atoms with Crippen molar-refractivity contribution in [2.45, 2.75) is 65.8 Å². The number of fused-ring (bicyclic) bond motifs is 3. The van der Waals surface area contributed by atoms with Crippen LogP contribution in [0.1, 0.15) is 62.5 Å². The topological polar surface area (TPSA) is 88.8 Å². The van der Waals surface area contributed by atoms with Gasteiger partial charge in [-0.15, -0.1) is 0 Å². The fourth-order valence-corrected chi connectivity index (χ4v) is 4.27. The molecule has 0 bridgehead atoms. The minimum absolute atomic E-state index is 0.161. The zero-order valence-electron chi connectivity index (χ0n) is 18.4. The highest BCUT2D eigenvalue weighted by Crippen LogP contribution is 2.40. The number of carboxylic acid groups (broad SMARTS) is 1. The number of carbonyl (C=O) groups is 2. The minimum atomic E-state index is -1.03. The van der Waals surface area contributed by atoms with Gasteiger partial charge in [0.15, 0.2) is 0 Å². The molecule has 1 aliphatic rings. The Morgan fingerprint density at radius 3 is 2.63 bits per heavy atom. The minimum Gasteiger partial charge on any atom is -0.496 e. The standard InChI is InChI=1S/C24H31NO5/c1-13(2)10-19(24(27)28)25-21(26)11-14(3)17-12-18-16-8-6-7-9-20(16)30-23(18)15(4)22(17)29-5/h11-13,19H,6-10H2,1-5H3,(H,25,26)(H,27,28)/b14-11+. The number of carbonyl (C=O) groups excluding carboxylic acids is 1. The fraction of sp³-hybridized carbons (Fsp3) is 0.500. The number of ether oxygens (including phenoxy) is 1. The summed E-state index contributed by atoms with van der Waals surface area (Å²) in [6.45, 7) is 7.67. The van der Waals surface area contributed by atoms with Gasteiger partial charge in [0, 0.05) is 34.6 Å². The molecule has 6 heteroatoms. The highest BCUT2D eigenvalue weighted by Gasteiger charge is 2.24. The number of methoxy groups -OCH3 is 1. The number of aryl methyl sites for hydroxylation is 3. The second-order valence-electron chi connectivity index (χ2n) is 8.53. The van der Waals surface area contributed by atoms with Gasteiger partial charge in [0.05, 0.1) is 7.11 Å².